The Morgan fingerprint density at radius 3 is 2.25 bits per heavy atom. The zero-order valence-electron chi connectivity index (χ0n) is 11.8. The second-order valence-electron chi connectivity index (χ2n) is 6.02. The van der Waals surface area contributed by atoms with Crippen LogP contribution in [0.5, 0.6) is 0 Å². The van der Waals surface area contributed by atoms with E-state index in [0.717, 1.165) is 17.8 Å². The molecule has 0 aromatic carbocycles. The molecule has 2 atom stereocenters. The fraction of sp³-hybridized carbons (Fsp3) is 1.00. The van der Waals surface area contributed by atoms with Gasteiger partial charge in [0.1, 0.15) is 0 Å². The molecule has 0 saturated heterocycles. The first-order valence-corrected chi connectivity index (χ1v) is 7.77. The molecule has 0 aromatic heterocycles. The topological polar surface area (TPSA) is 0 Å². The minimum absolute atomic E-state index is 0.957. The Balaban J connectivity index is 2.21. The fourth-order valence-corrected chi connectivity index (χ4v) is 3.51. The lowest BCUT2D eigenvalue weighted by Crippen LogP contribution is -2.14. The van der Waals surface area contributed by atoms with Crippen LogP contribution in [0.4, 0.5) is 0 Å². The van der Waals surface area contributed by atoms with Crippen LogP contribution in [-0.4, -0.2) is 0 Å². The van der Waals surface area contributed by atoms with Crippen molar-refractivity contribution in [1.29, 1.82) is 0 Å². The summed E-state index contributed by atoms with van der Waals surface area (Å²) in [5.74, 6) is 3.04. The first-order chi connectivity index (χ1) is 7.77. The predicted octanol–water partition coefficient (Wildman–Crippen LogP) is 5.81. The maximum absolute atomic E-state index is 2.47. The predicted molar refractivity (Wildman–Crippen MR) is 73.7 cm³/mol. The molecule has 0 aliphatic heterocycles. The van der Waals surface area contributed by atoms with Crippen LogP contribution in [-0.2, 0) is 0 Å². The minimum Gasteiger partial charge on any atom is -0.0654 e. The molecule has 1 saturated carbocycles. The van der Waals surface area contributed by atoms with Crippen molar-refractivity contribution < 1.29 is 0 Å². The Morgan fingerprint density at radius 1 is 1.00 bits per heavy atom. The average Bonchev–Trinajstić information content (AvgIpc) is 2.31. The summed E-state index contributed by atoms with van der Waals surface area (Å²) in [6.45, 7) is 7.18. The molecule has 0 bridgehead atoms. The van der Waals surface area contributed by atoms with E-state index < -0.39 is 0 Å². The fourth-order valence-electron chi connectivity index (χ4n) is 3.51. The smallest absolute Gasteiger partial charge is 0.0391 e. The zero-order valence-corrected chi connectivity index (χ0v) is 11.8. The Kier molecular flexibility index (Phi) is 7.16. The third-order valence-corrected chi connectivity index (χ3v) is 4.74. The third kappa shape index (κ3) is 4.89. The molecular weight excluding hydrogens is 192 g/mol. The zero-order chi connectivity index (χ0) is 11.8. The maximum Gasteiger partial charge on any atom is -0.0391 e. The van der Waals surface area contributed by atoms with Gasteiger partial charge < -0.3 is 0 Å². The average molecular weight is 224 g/mol. The van der Waals surface area contributed by atoms with E-state index in [1.54, 1.807) is 0 Å². The minimum atomic E-state index is 0.957. The van der Waals surface area contributed by atoms with Crippen molar-refractivity contribution in [1.82, 2.24) is 0 Å². The Labute approximate surface area is 103 Å². The number of rotatable bonds is 7. The van der Waals surface area contributed by atoms with Gasteiger partial charge in [0.25, 0.3) is 0 Å². The van der Waals surface area contributed by atoms with Crippen molar-refractivity contribution in [2.24, 2.45) is 17.8 Å². The van der Waals surface area contributed by atoms with Gasteiger partial charge in [0.15, 0.2) is 0 Å². The highest BCUT2D eigenvalue weighted by Gasteiger charge is 2.18. The highest BCUT2D eigenvalue weighted by molar-refractivity contribution is 4.70. The highest BCUT2D eigenvalue weighted by atomic mass is 14.2. The Bertz CT molecular complexity index is 155. The van der Waals surface area contributed by atoms with Gasteiger partial charge in [-0.2, -0.15) is 0 Å². The molecule has 0 aromatic rings. The van der Waals surface area contributed by atoms with Crippen LogP contribution in [0.2, 0.25) is 0 Å². The lowest BCUT2D eigenvalue weighted by Gasteiger charge is -2.27. The summed E-state index contributed by atoms with van der Waals surface area (Å²) in [7, 11) is 0. The van der Waals surface area contributed by atoms with Crippen LogP contribution in [0.25, 0.3) is 0 Å². The molecule has 2 unspecified atom stereocenters. The van der Waals surface area contributed by atoms with Crippen molar-refractivity contribution >= 4 is 0 Å². The van der Waals surface area contributed by atoms with Gasteiger partial charge in [0.05, 0.1) is 0 Å². The van der Waals surface area contributed by atoms with Crippen LogP contribution in [0.15, 0.2) is 0 Å². The van der Waals surface area contributed by atoms with E-state index in [-0.39, 0.29) is 0 Å². The van der Waals surface area contributed by atoms with Gasteiger partial charge in [-0.15, -0.1) is 0 Å². The molecule has 1 fully saturated rings. The molecule has 0 heterocycles. The molecule has 1 rings (SSSR count). The molecule has 1 aliphatic rings. The number of hydrogen-bond donors (Lipinski definition) is 0. The summed E-state index contributed by atoms with van der Waals surface area (Å²) in [4.78, 5) is 0. The second kappa shape index (κ2) is 8.14. The van der Waals surface area contributed by atoms with Crippen LogP contribution < -0.4 is 0 Å². The van der Waals surface area contributed by atoms with Gasteiger partial charge in [-0.1, -0.05) is 78.6 Å². The number of hydrogen-bond acceptors (Lipinski definition) is 0. The first-order valence-electron chi connectivity index (χ1n) is 7.77. The van der Waals surface area contributed by atoms with Crippen molar-refractivity contribution in [2.45, 2.75) is 85.0 Å². The molecule has 1 aliphatic carbocycles. The first kappa shape index (κ1) is 14.1. The summed E-state index contributed by atoms with van der Waals surface area (Å²) < 4.78 is 0. The third-order valence-electron chi connectivity index (χ3n) is 4.74. The van der Waals surface area contributed by atoms with E-state index >= 15 is 0 Å². The maximum atomic E-state index is 2.47. The van der Waals surface area contributed by atoms with Crippen LogP contribution in [0, 0.1) is 17.8 Å². The SMILES string of the molecule is CCCC(C)C(CC)CCC1CCCCC1. The van der Waals surface area contributed by atoms with Gasteiger partial charge in [-0.25, -0.2) is 0 Å². The summed E-state index contributed by atoms with van der Waals surface area (Å²) >= 11 is 0. The summed E-state index contributed by atoms with van der Waals surface area (Å²) in [6.07, 6.45) is 14.8. The molecule has 0 amide bonds. The summed E-state index contributed by atoms with van der Waals surface area (Å²) in [6, 6.07) is 0. The van der Waals surface area contributed by atoms with E-state index in [0.29, 0.717) is 0 Å². The largest absolute Gasteiger partial charge is 0.0654 e. The van der Waals surface area contributed by atoms with Gasteiger partial charge in [0, 0.05) is 0 Å². The van der Waals surface area contributed by atoms with E-state index in [1.807, 2.05) is 0 Å². The van der Waals surface area contributed by atoms with E-state index in [1.165, 1.54) is 64.2 Å². The molecule has 16 heavy (non-hydrogen) atoms. The lowest BCUT2D eigenvalue weighted by atomic mass is 9.79. The van der Waals surface area contributed by atoms with Crippen LogP contribution >= 0.6 is 0 Å². The van der Waals surface area contributed by atoms with E-state index in [2.05, 4.69) is 20.8 Å². The Morgan fingerprint density at radius 2 is 1.69 bits per heavy atom. The molecule has 0 heteroatoms. The van der Waals surface area contributed by atoms with Gasteiger partial charge >= 0.3 is 0 Å². The standard InChI is InChI=1S/C16H32/c1-4-9-14(3)16(5-2)13-12-15-10-7-6-8-11-15/h14-16H,4-13H2,1-3H3. The van der Waals surface area contributed by atoms with Gasteiger partial charge in [0.2, 0.25) is 0 Å². The van der Waals surface area contributed by atoms with Crippen molar-refractivity contribution in [3.05, 3.63) is 0 Å². The molecule has 96 valence electrons. The Hall–Kier alpha value is 0. The van der Waals surface area contributed by atoms with Crippen LogP contribution in [0.1, 0.15) is 85.0 Å². The van der Waals surface area contributed by atoms with Crippen LogP contribution in [0.3, 0.4) is 0 Å². The monoisotopic (exact) mass is 224 g/mol. The normalized spacial score (nSPS) is 21.9. The molecular formula is C16H32. The summed E-state index contributed by atoms with van der Waals surface area (Å²) in [5.41, 5.74) is 0. The van der Waals surface area contributed by atoms with Gasteiger partial charge in [-0.3, -0.25) is 0 Å². The van der Waals surface area contributed by atoms with E-state index in [4.69, 9.17) is 0 Å². The second-order valence-corrected chi connectivity index (χ2v) is 6.02. The highest BCUT2D eigenvalue weighted by Crippen LogP contribution is 2.32. The summed E-state index contributed by atoms with van der Waals surface area (Å²) in [5, 5.41) is 0. The van der Waals surface area contributed by atoms with Crippen molar-refractivity contribution in [3.63, 3.8) is 0 Å². The quantitative estimate of drug-likeness (QED) is 0.512. The molecule has 0 radical (unpaired) electrons. The van der Waals surface area contributed by atoms with Crippen molar-refractivity contribution in [3.8, 4) is 0 Å². The molecule has 0 nitrogen and oxygen atoms in total. The van der Waals surface area contributed by atoms with Crippen molar-refractivity contribution in [2.75, 3.05) is 0 Å². The molecule has 0 N–H and O–H groups in total. The lowest BCUT2D eigenvalue weighted by molar-refractivity contribution is 0.255. The van der Waals surface area contributed by atoms with E-state index in [9.17, 15) is 0 Å². The van der Waals surface area contributed by atoms with Gasteiger partial charge in [-0.05, 0) is 24.2 Å². The molecule has 0 spiro atoms.